The van der Waals surface area contributed by atoms with E-state index in [0.717, 1.165) is 20.9 Å². The van der Waals surface area contributed by atoms with Crippen LogP contribution in [0.15, 0.2) is 24.5 Å². The molecule has 0 unspecified atom stereocenters. The zero-order valence-corrected chi connectivity index (χ0v) is 10.6. The number of halogens is 1. The van der Waals surface area contributed by atoms with Gasteiger partial charge in [0, 0.05) is 6.20 Å². The van der Waals surface area contributed by atoms with Gasteiger partial charge in [0.05, 0.1) is 37.8 Å². The summed E-state index contributed by atoms with van der Waals surface area (Å²) in [4.78, 5) is 4.44. The Morgan fingerprint density at radius 2 is 2.24 bits per heavy atom. The lowest BCUT2D eigenvalue weighted by atomic mass is 10.2. The highest BCUT2D eigenvalue weighted by Crippen LogP contribution is 2.28. The minimum absolute atomic E-state index is 0.582. The molecule has 0 spiro atoms. The molecule has 2 heterocycles. The molecular formula is C11H9ClN4S. The summed E-state index contributed by atoms with van der Waals surface area (Å²) in [6, 6.07) is 3.85. The molecule has 0 saturated carbocycles. The normalized spacial score (nSPS) is 11.2. The number of hydrogen-bond donors (Lipinski definition) is 1. The number of rotatable bonds is 1. The molecule has 0 aliphatic carbocycles. The molecule has 0 radical (unpaired) electrons. The van der Waals surface area contributed by atoms with Crippen molar-refractivity contribution in [2.24, 2.45) is 0 Å². The average molecular weight is 265 g/mol. The van der Waals surface area contributed by atoms with Crippen LogP contribution in [-0.2, 0) is 0 Å². The third kappa shape index (κ3) is 1.77. The van der Waals surface area contributed by atoms with Crippen molar-refractivity contribution in [1.82, 2.24) is 14.8 Å². The summed E-state index contributed by atoms with van der Waals surface area (Å²) in [5.41, 5.74) is 8.41. The minimum atomic E-state index is 0.582. The number of aromatic nitrogens is 3. The highest BCUT2D eigenvalue weighted by molar-refractivity contribution is 7.18. The van der Waals surface area contributed by atoms with Crippen LogP contribution in [-0.4, -0.2) is 14.8 Å². The van der Waals surface area contributed by atoms with Gasteiger partial charge in [-0.3, -0.25) is 0 Å². The summed E-state index contributed by atoms with van der Waals surface area (Å²) in [5, 5.41) is 5.75. The van der Waals surface area contributed by atoms with Crippen LogP contribution in [0.4, 0.5) is 5.69 Å². The number of anilines is 1. The zero-order valence-electron chi connectivity index (χ0n) is 9.01. The lowest BCUT2D eigenvalue weighted by Gasteiger charge is -2.04. The Hall–Kier alpha value is -1.59. The molecule has 0 aliphatic heterocycles. The summed E-state index contributed by atoms with van der Waals surface area (Å²) in [5.74, 6) is 0. The Labute approximate surface area is 107 Å². The first-order valence-electron chi connectivity index (χ1n) is 5.01. The number of aryl methyl sites for hydroxylation is 1. The van der Waals surface area contributed by atoms with Gasteiger partial charge in [-0.2, -0.15) is 5.10 Å². The molecule has 0 fully saturated rings. The van der Waals surface area contributed by atoms with E-state index in [1.807, 2.05) is 19.1 Å². The van der Waals surface area contributed by atoms with E-state index in [1.54, 1.807) is 28.4 Å². The molecule has 0 amide bonds. The number of nitrogens with zero attached hydrogens (tertiary/aromatic N) is 3. The molecule has 0 saturated heterocycles. The Morgan fingerprint density at radius 1 is 1.41 bits per heavy atom. The van der Waals surface area contributed by atoms with Crippen LogP contribution in [0.25, 0.3) is 15.9 Å². The lowest BCUT2D eigenvalue weighted by Crippen LogP contribution is -1.99. The van der Waals surface area contributed by atoms with E-state index >= 15 is 0 Å². The summed E-state index contributed by atoms with van der Waals surface area (Å²) < 4.78 is 2.74. The Kier molecular flexibility index (Phi) is 2.31. The smallest absolute Gasteiger partial charge is 0.0907 e. The number of benzene rings is 1. The lowest BCUT2D eigenvalue weighted by molar-refractivity contribution is 0.884. The van der Waals surface area contributed by atoms with Crippen molar-refractivity contribution in [3.8, 4) is 5.69 Å². The number of thiazole rings is 1. The first-order valence-corrected chi connectivity index (χ1v) is 6.20. The second kappa shape index (κ2) is 3.72. The van der Waals surface area contributed by atoms with Gasteiger partial charge in [-0.05, 0) is 19.1 Å². The van der Waals surface area contributed by atoms with Gasteiger partial charge in [-0.1, -0.05) is 11.6 Å². The molecule has 17 heavy (non-hydrogen) atoms. The standard InChI is InChI=1S/C11H9ClN4S/c1-6-15-9-3-10(8(13)2-11(9)17-6)16-5-7(12)4-14-16/h2-5H,13H2,1H3. The monoisotopic (exact) mass is 264 g/mol. The summed E-state index contributed by atoms with van der Waals surface area (Å²) in [6.07, 6.45) is 3.30. The second-order valence-electron chi connectivity index (χ2n) is 3.71. The predicted molar refractivity (Wildman–Crippen MR) is 70.9 cm³/mol. The molecule has 3 aromatic rings. The molecule has 0 atom stereocenters. The fourth-order valence-electron chi connectivity index (χ4n) is 1.72. The third-order valence-corrected chi connectivity index (χ3v) is 3.57. The van der Waals surface area contributed by atoms with E-state index in [2.05, 4.69) is 10.1 Å². The minimum Gasteiger partial charge on any atom is -0.397 e. The maximum atomic E-state index is 6.01. The van der Waals surface area contributed by atoms with Crippen molar-refractivity contribution in [3.63, 3.8) is 0 Å². The van der Waals surface area contributed by atoms with Crippen molar-refractivity contribution >= 4 is 38.8 Å². The van der Waals surface area contributed by atoms with Crippen LogP contribution >= 0.6 is 22.9 Å². The van der Waals surface area contributed by atoms with Gasteiger partial charge in [0.1, 0.15) is 0 Å². The highest BCUT2D eigenvalue weighted by Gasteiger charge is 2.08. The molecule has 86 valence electrons. The maximum absolute atomic E-state index is 6.01. The summed E-state index contributed by atoms with van der Waals surface area (Å²) >= 11 is 7.48. The van der Waals surface area contributed by atoms with E-state index in [9.17, 15) is 0 Å². The van der Waals surface area contributed by atoms with Crippen LogP contribution in [0.2, 0.25) is 5.02 Å². The second-order valence-corrected chi connectivity index (χ2v) is 5.39. The Morgan fingerprint density at radius 3 is 2.94 bits per heavy atom. The predicted octanol–water partition coefficient (Wildman–Crippen LogP) is 3.03. The molecule has 1 aromatic carbocycles. The average Bonchev–Trinajstić information content (AvgIpc) is 2.82. The first kappa shape index (κ1) is 10.6. The molecule has 0 aliphatic rings. The quantitative estimate of drug-likeness (QED) is 0.688. The topological polar surface area (TPSA) is 56.7 Å². The molecule has 6 heteroatoms. The van der Waals surface area contributed by atoms with Gasteiger partial charge in [-0.25, -0.2) is 9.67 Å². The van der Waals surface area contributed by atoms with Crippen LogP contribution < -0.4 is 5.73 Å². The number of nitrogens with two attached hydrogens (primary N) is 1. The Bertz CT molecular complexity index is 701. The third-order valence-electron chi connectivity index (χ3n) is 2.44. The molecular weight excluding hydrogens is 256 g/mol. The maximum Gasteiger partial charge on any atom is 0.0907 e. The van der Waals surface area contributed by atoms with Gasteiger partial charge < -0.3 is 5.73 Å². The SMILES string of the molecule is Cc1nc2cc(-n3cc(Cl)cn3)c(N)cc2s1. The first-order chi connectivity index (χ1) is 8.13. The molecule has 4 nitrogen and oxygen atoms in total. The van der Waals surface area contributed by atoms with E-state index in [0.29, 0.717) is 10.7 Å². The van der Waals surface area contributed by atoms with E-state index in [4.69, 9.17) is 17.3 Å². The Balaban J connectivity index is 2.25. The van der Waals surface area contributed by atoms with Crippen molar-refractivity contribution in [1.29, 1.82) is 0 Å². The summed E-state index contributed by atoms with van der Waals surface area (Å²) in [7, 11) is 0. The summed E-state index contributed by atoms with van der Waals surface area (Å²) in [6.45, 7) is 1.98. The number of fused-ring (bicyclic) bond motifs is 1. The van der Waals surface area contributed by atoms with Crippen LogP contribution in [0, 0.1) is 6.92 Å². The van der Waals surface area contributed by atoms with Crippen LogP contribution in [0.3, 0.4) is 0 Å². The van der Waals surface area contributed by atoms with Crippen LogP contribution in [0.5, 0.6) is 0 Å². The largest absolute Gasteiger partial charge is 0.397 e. The fourth-order valence-corrected chi connectivity index (χ4v) is 2.72. The van der Waals surface area contributed by atoms with Gasteiger partial charge in [0.2, 0.25) is 0 Å². The zero-order chi connectivity index (χ0) is 12.0. The van der Waals surface area contributed by atoms with Gasteiger partial charge in [0.15, 0.2) is 0 Å². The molecule has 0 bridgehead atoms. The van der Waals surface area contributed by atoms with Crippen molar-refractivity contribution in [3.05, 3.63) is 34.6 Å². The van der Waals surface area contributed by atoms with Crippen LogP contribution in [0.1, 0.15) is 5.01 Å². The number of nitrogen functional groups attached to an aromatic ring is 1. The molecule has 2 N–H and O–H groups in total. The van der Waals surface area contributed by atoms with E-state index < -0.39 is 0 Å². The van der Waals surface area contributed by atoms with Gasteiger partial charge in [0.25, 0.3) is 0 Å². The van der Waals surface area contributed by atoms with Crippen molar-refractivity contribution in [2.75, 3.05) is 5.73 Å². The van der Waals surface area contributed by atoms with Gasteiger partial charge in [-0.15, -0.1) is 11.3 Å². The fraction of sp³-hybridized carbons (Fsp3) is 0.0909. The molecule has 3 rings (SSSR count). The number of hydrogen-bond acceptors (Lipinski definition) is 4. The van der Waals surface area contributed by atoms with E-state index in [1.165, 1.54) is 0 Å². The van der Waals surface area contributed by atoms with Gasteiger partial charge >= 0.3 is 0 Å². The van der Waals surface area contributed by atoms with E-state index in [-0.39, 0.29) is 0 Å². The van der Waals surface area contributed by atoms with Crippen molar-refractivity contribution < 1.29 is 0 Å². The molecule has 2 aromatic heterocycles. The highest BCUT2D eigenvalue weighted by atomic mass is 35.5. The van der Waals surface area contributed by atoms with Crippen molar-refractivity contribution in [2.45, 2.75) is 6.92 Å².